The van der Waals surface area contributed by atoms with Crippen LogP contribution in [0.2, 0.25) is 0 Å². The first-order valence-electron chi connectivity index (χ1n) is 4.71. The molecule has 0 radical (unpaired) electrons. The molecule has 4 N–H and O–H groups in total. The monoisotopic (exact) mass is 327 g/mol. The third kappa shape index (κ3) is 2.94. The number of alkyl halides is 3. The highest BCUT2D eigenvalue weighted by atomic mass is 79.9. The van der Waals surface area contributed by atoms with Crippen molar-refractivity contribution in [2.24, 2.45) is 5.73 Å². The fourth-order valence-corrected chi connectivity index (χ4v) is 1.89. The quantitative estimate of drug-likeness (QED) is 0.795. The van der Waals surface area contributed by atoms with Crippen LogP contribution in [-0.4, -0.2) is 22.7 Å². The largest absolute Gasteiger partial charge is 0.506 e. The predicted octanol–water partition coefficient (Wildman–Crippen LogP) is 2.30. The number of phenolic OH excluding ortho intramolecular Hbond substituents is 1. The van der Waals surface area contributed by atoms with E-state index in [1.165, 1.54) is 0 Å². The number of carboxylic acids is 1. The third-order valence-electron chi connectivity index (χ3n) is 2.33. The molecule has 1 rings (SSSR count). The maximum absolute atomic E-state index is 12.6. The number of carbonyl (C=O) groups is 1. The van der Waals surface area contributed by atoms with Gasteiger partial charge >= 0.3 is 12.1 Å². The Bertz CT molecular complexity index is 476. The average Bonchev–Trinajstić information content (AvgIpc) is 2.21. The molecule has 0 heterocycles. The molecule has 100 valence electrons. The molecule has 1 aromatic carbocycles. The second kappa shape index (κ2) is 5.15. The fraction of sp³-hybridized carbons (Fsp3) is 0.300. The average molecular weight is 328 g/mol. The van der Waals surface area contributed by atoms with Crippen LogP contribution in [-0.2, 0) is 11.0 Å². The molecule has 1 unspecified atom stereocenters. The second-order valence-electron chi connectivity index (χ2n) is 3.52. The van der Waals surface area contributed by atoms with E-state index in [1.54, 1.807) is 0 Å². The maximum atomic E-state index is 12.6. The molecule has 4 nitrogen and oxygen atoms in total. The van der Waals surface area contributed by atoms with Gasteiger partial charge < -0.3 is 15.9 Å². The number of aromatic hydroxyl groups is 1. The SMILES string of the molecule is NCC(C(=O)O)c1cc(Br)c(O)c(C(F)(F)F)c1. The van der Waals surface area contributed by atoms with Gasteiger partial charge in [-0.3, -0.25) is 4.79 Å². The van der Waals surface area contributed by atoms with E-state index >= 15 is 0 Å². The Labute approximate surface area is 108 Å². The normalized spacial score (nSPS) is 13.4. The van der Waals surface area contributed by atoms with Crippen LogP contribution in [0.15, 0.2) is 16.6 Å². The first-order valence-corrected chi connectivity index (χ1v) is 5.50. The van der Waals surface area contributed by atoms with E-state index in [4.69, 9.17) is 10.8 Å². The molecule has 8 heteroatoms. The Hall–Kier alpha value is -1.28. The van der Waals surface area contributed by atoms with Crippen LogP contribution in [0.25, 0.3) is 0 Å². The Morgan fingerprint density at radius 3 is 2.39 bits per heavy atom. The Morgan fingerprint density at radius 2 is 2.00 bits per heavy atom. The van der Waals surface area contributed by atoms with E-state index in [2.05, 4.69) is 15.9 Å². The lowest BCUT2D eigenvalue weighted by atomic mass is 9.97. The summed E-state index contributed by atoms with van der Waals surface area (Å²) in [7, 11) is 0. The summed E-state index contributed by atoms with van der Waals surface area (Å²) in [5, 5.41) is 18.1. The molecule has 0 spiro atoms. The van der Waals surface area contributed by atoms with Gasteiger partial charge in [-0.25, -0.2) is 0 Å². The van der Waals surface area contributed by atoms with Crippen LogP contribution in [0.3, 0.4) is 0 Å². The van der Waals surface area contributed by atoms with Crippen molar-refractivity contribution in [1.29, 1.82) is 0 Å². The number of nitrogens with two attached hydrogens (primary N) is 1. The molecule has 0 aliphatic rings. The van der Waals surface area contributed by atoms with E-state index < -0.39 is 29.4 Å². The number of benzene rings is 1. The Morgan fingerprint density at radius 1 is 1.44 bits per heavy atom. The highest BCUT2D eigenvalue weighted by Crippen LogP contribution is 2.41. The summed E-state index contributed by atoms with van der Waals surface area (Å²) in [5.74, 6) is -3.57. The van der Waals surface area contributed by atoms with Gasteiger partial charge in [0.05, 0.1) is 16.0 Å². The van der Waals surface area contributed by atoms with Gasteiger partial charge in [-0.05, 0) is 33.6 Å². The van der Waals surface area contributed by atoms with Crippen LogP contribution in [0.5, 0.6) is 5.75 Å². The van der Waals surface area contributed by atoms with Crippen LogP contribution in [0, 0.1) is 0 Å². The molecule has 0 saturated carbocycles. The van der Waals surface area contributed by atoms with E-state index in [9.17, 15) is 23.1 Å². The molecule has 0 fully saturated rings. The van der Waals surface area contributed by atoms with E-state index in [0.29, 0.717) is 6.07 Å². The first kappa shape index (κ1) is 14.8. The lowest BCUT2D eigenvalue weighted by molar-refractivity contribution is -0.140. The molecule has 0 amide bonds. The summed E-state index contributed by atoms with van der Waals surface area (Å²) in [6.45, 7) is -0.343. The highest BCUT2D eigenvalue weighted by molar-refractivity contribution is 9.10. The highest BCUT2D eigenvalue weighted by Gasteiger charge is 2.36. The van der Waals surface area contributed by atoms with E-state index in [1.807, 2.05) is 0 Å². The standard InChI is InChI=1S/C10H9BrF3NO3/c11-7-2-4(5(3-15)9(17)18)1-6(8(7)16)10(12,13)14/h1-2,5,16H,3,15H2,(H,17,18). The van der Waals surface area contributed by atoms with Crippen LogP contribution in [0.4, 0.5) is 13.2 Å². The van der Waals surface area contributed by atoms with E-state index in [-0.39, 0.29) is 16.6 Å². The molecule has 0 aliphatic carbocycles. The number of hydrogen-bond acceptors (Lipinski definition) is 3. The second-order valence-corrected chi connectivity index (χ2v) is 4.38. The molecule has 18 heavy (non-hydrogen) atoms. The molecule has 0 bridgehead atoms. The molecule has 1 aromatic rings. The van der Waals surface area contributed by atoms with Crippen molar-refractivity contribution in [3.05, 3.63) is 27.7 Å². The van der Waals surface area contributed by atoms with Gasteiger partial charge in [-0.1, -0.05) is 0 Å². The topological polar surface area (TPSA) is 83.6 Å². The zero-order valence-electron chi connectivity index (χ0n) is 8.83. The zero-order valence-corrected chi connectivity index (χ0v) is 10.4. The molecule has 0 aliphatic heterocycles. The van der Waals surface area contributed by atoms with Crippen molar-refractivity contribution in [3.8, 4) is 5.75 Å². The molecular formula is C10H9BrF3NO3. The number of carboxylic acid groups (broad SMARTS) is 1. The van der Waals surface area contributed by atoms with Gasteiger partial charge in [0.2, 0.25) is 0 Å². The lowest BCUT2D eigenvalue weighted by Gasteiger charge is -2.16. The van der Waals surface area contributed by atoms with Gasteiger partial charge in [0.15, 0.2) is 0 Å². The summed E-state index contributed by atoms with van der Waals surface area (Å²) in [6.07, 6.45) is -4.78. The minimum atomic E-state index is -4.78. The van der Waals surface area contributed by atoms with Crippen molar-refractivity contribution in [2.75, 3.05) is 6.54 Å². The minimum Gasteiger partial charge on any atom is -0.506 e. The number of rotatable bonds is 3. The fourth-order valence-electron chi connectivity index (χ4n) is 1.42. The van der Waals surface area contributed by atoms with Gasteiger partial charge in [0, 0.05) is 6.54 Å². The van der Waals surface area contributed by atoms with Gasteiger partial charge in [0.25, 0.3) is 0 Å². The molecule has 1 atom stereocenters. The summed E-state index contributed by atoms with van der Waals surface area (Å²) >= 11 is 2.75. The van der Waals surface area contributed by atoms with Gasteiger partial charge in [-0.15, -0.1) is 0 Å². The summed E-state index contributed by atoms with van der Waals surface area (Å²) in [4.78, 5) is 10.8. The summed E-state index contributed by atoms with van der Waals surface area (Å²) in [6, 6.07) is 1.70. The third-order valence-corrected chi connectivity index (χ3v) is 2.93. The number of phenols is 1. The molecule has 0 saturated heterocycles. The van der Waals surface area contributed by atoms with Crippen molar-refractivity contribution in [2.45, 2.75) is 12.1 Å². The lowest BCUT2D eigenvalue weighted by Crippen LogP contribution is -2.21. The van der Waals surface area contributed by atoms with Crippen LogP contribution in [0.1, 0.15) is 17.0 Å². The Balaban J connectivity index is 3.41. The summed E-state index contributed by atoms with van der Waals surface area (Å²) in [5.41, 5.74) is 3.79. The van der Waals surface area contributed by atoms with Crippen molar-refractivity contribution >= 4 is 21.9 Å². The first-order chi connectivity index (χ1) is 8.18. The van der Waals surface area contributed by atoms with Crippen molar-refractivity contribution < 1.29 is 28.2 Å². The molecular weight excluding hydrogens is 319 g/mol. The van der Waals surface area contributed by atoms with Crippen molar-refractivity contribution in [1.82, 2.24) is 0 Å². The number of hydrogen-bond donors (Lipinski definition) is 3. The number of halogens is 4. The van der Waals surface area contributed by atoms with Crippen LogP contribution >= 0.6 is 15.9 Å². The minimum absolute atomic E-state index is 0.123. The number of aliphatic carboxylic acids is 1. The van der Waals surface area contributed by atoms with E-state index in [0.717, 1.165) is 6.07 Å². The van der Waals surface area contributed by atoms with Crippen LogP contribution < -0.4 is 5.73 Å². The molecule has 0 aromatic heterocycles. The smallest absolute Gasteiger partial charge is 0.420 e. The van der Waals surface area contributed by atoms with Gasteiger partial charge in [0.1, 0.15) is 5.75 Å². The Kier molecular flexibility index (Phi) is 4.23. The van der Waals surface area contributed by atoms with Gasteiger partial charge in [-0.2, -0.15) is 13.2 Å². The van der Waals surface area contributed by atoms with Crippen molar-refractivity contribution in [3.63, 3.8) is 0 Å². The maximum Gasteiger partial charge on any atom is 0.420 e. The summed E-state index contributed by atoms with van der Waals surface area (Å²) < 4.78 is 37.6. The zero-order chi connectivity index (χ0) is 14.1. The predicted molar refractivity (Wildman–Crippen MR) is 60.2 cm³/mol.